The van der Waals surface area contributed by atoms with Crippen molar-refractivity contribution in [3.05, 3.63) is 46.5 Å². The van der Waals surface area contributed by atoms with Gasteiger partial charge in [0.15, 0.2) is 23.2 Å². The summed E-state index contributed by atoms with van der Waals surface area (Å²) in [4.78, 5) is 23.3. The van der Waals surface area contributed by atoms with Gasteiger partial charge in [0.1, 0.15) is 24.1 Å². The highest BCUT2D eigenvalue weighted by atomic mass is 19.4. The normalized spacial score (nSPS) is 27.2. The van der Waals surface area contributed by atoms with Crippen LogP contribution >= 0.6 is 0 Å². The van der Waals surface area contributed by atoms with Gasteiger partial charge in [-0.3, -0.25) is 9.36 Å². The van der Waals surface area contributed by atoms with Crippen LogP contribution in [0.2, 0.25) is 0 Å². The van der Waals surface area contributed by atoms with Crippen LogP contribution in [0.3, 0.4) is 0 Å². The van der Waals surface area contributed by atoms with Crippen LogP contribution in [0.1, 0.15) is 25.6 Å². The van der Waals surface area contributed by atoms with E-state index in [2.05, 4.69) is 15.0 Å². The first-order valence-electron chi connectivity index (χ1n) is 9.84. The highest BCUT2D eigenvalue weighted by Gasteiger charge is 2.56. The number of aliphatic hydroxyl groups is 1. The number of aromatic nitrogens is 4. The molecule has 12 heteroatoms. The van der Waals surface area contributed by atoms with Gasteiger partial charge >= 0.3 is 6.18 Å². The molecule has 4 heterocycles. The lowest BCUT2D eigenvalue weighted by atomic mass is 10.1. The summed E-state index contributed by atoms with van der Waals surface area (Å²) in [6.07, 6.45) is -6.45. The number of halogens is 3. The number of benzene rings is 1. The molecule has 0 bridgehead atoms. The van der Waals surface area contributed by atoms with E-state index in [1.54, 1.807) is 13.8 Å². The largest absolute Gasteiger partial charge is 0.416 e. The highest BCUT2D eigenvalue weighted by molar-refractivity contribution is 5.76. The molecular weight excluding hydrogens is 433 g/mol. The number of nitrogens with one attached hydrogen (secondary N) is 1. The molecule has 4 atom stereocenters. The summed E-state index contributed by atoms with van der Waals surface area (Å²) >= 11 is 0. The Kier molecular flexibility index (Phi) is 4.68. The SMILES string of the molecule is CC1(C)OC2C(CO)OC(n3c(-c4cccc(C(F)(F)F)c4)nc4c(=O)[nH]cnc43)C2O1. The Bertz CT molecular complexity index is 1240. The van der Waals surface area contributed by atoms with E-state index in [0.29, 0.717) is 0 Å². The molecule has 2 fully saturated rings. The Morgan fingerprint density at radius 3 is 2.72 bits per heavy atom. The number of hydrogen-bond donors (Lipinski definition) is 2. The summed E-state index contributed by atoms with van der Waals surface area (Å²) < 4.78 is 59.2. The minimum atomic E-state index is -4.56. The van der Waals surface area contributed by atoms with E-state index >= 15 is 0 Å². The van der Waals surface area contributed by atoms with E-state index in [4.69, 9.17) is 14.2 Å². The number of nitrogens with zero attached hydrogens (tertiary/aromatic N) is 3. The molecule has 4 unspecified atom stereocenters. The van der Waals surface area contributed by atoms with E-state index < -0.39 is 47.6 Å². The minimum absolute atomic E-state index is 0.0472. The molecule has 2 N–H and O–H groups in total. The fraction of sp³-hybridized carbons (Fsp3) is 0.450. The summed E-state index contributed by atoms with van der Waals surface area (Å²) in [6.45, 7) is 3.05. The topological polar surface area (TPSA) is 111 Å². The predicted molar refractivity (Wildman–Crippen MR) is 103 cm³/mol. The van der Waals surface area contributed by atoms with Gasteiger partial charge in [0, 0.05) is 5.56 Å². The van der Waals surface area contributed by atoms with Crippen molar-refractivity contribution in [3.8, 4) is 11.4 Å². The highest BCUT2D eigenvalue weighted by Crippen LogP contribution is 2.45. The van der Waals surface area contributed by atoms with E-state index in [0.717, 1.165) is 12.1 Å². The Balaban J connectivity index is 1.72. The van der Waals surface area contributed by atoms with E-state index in [9.17, 15) is 23.1 Å². The van der Waals surface area contributed by atoms with Crippen molar-refractivity contribution in [3.63, 3.8) is 0 Å². The molecule has 2 aliphatic rings. The molecule has 9 nitrogen and oxygen atoms in total. The Hall–Kier alpha value is -2.80. The second-order valence-electron chi connectivity index (χ2n) is 8.10. The molecule has 0 saturated carbocycles. The number of imidazole rings is 1. The number of H-pyrrole nitrogens is 1. The average molecular weight is 452 g/mol. The first-order chi connectivity index (χ1) is 15.1. The first-order valence-corrected chi connectivity index (χ1v) is 9.84. The van der Waals surface area contributed by atoms with Crippen molar-refractivity contribution < 1.29 is 32.5 Å². The molecule has 0 radical (unpaired) electrons. The Labute approximate surface area is 178 Å². The number of aromatic amines is 1. The van der Waals surface area contributed by atoms with Gasteiger partial charge in [-0.25, -0.2) is 9.97 Å². The van der Waals surface area contributed by atoms with Crippen molar-refractivity contribution in [1.82, 2.24) is 19.5 Å². The van der Waals surface area contributed by atoms with Gasteiger partial charge in [0.25, 0.3) is 5.56 Å². The molecule has 32 heavy (non-hydrogen) atoms. The second kappa shape index (κ2) is 7.10. The van der Waals surface area contributed by atoms with Gasteiger partial charge in [-0.15, -0.1) is 0 Å². The van der Waals surface area contributed by atoms with Crippen LogP contribution in [-0.2, 0) is 20.4 Å². The van der Waals surface area contributed by atoms with Gasteiger partial charge in [-0.05, 0) is 26.0 Å². The van der Waals surface area contributed by atoms with Crippen molar-refractivity contribution in [1.29, 1.82) is 0 Å². The molecule has 0 amide bonds. The number of ether oxygens (including phenoxy) is 3. The fourth-order valence-electron chi connectivity index (χ4n) is 4.21. The molecule has 2 aliphatic heterocycles. The molecule has 170 valence electrons. The van der Waals surface area contributed by atoms with Crippen molar-refractivity contribution >= 4 is 11.2 Å². The summed E-state index contributed by atoms with van der Waals surface area (Å²) in [5.74, 6) is -0.923. The lowest BCUT2D eigenvalue weighted by Gasteiger charge is -2.25. The Morgan fingerprint density at radius 1 is 1.25 bits per heavy atom. The second-order valence-corrected chi connectivity index (χ2v) is 8.10. The van der Waals surface area contributed by atoms with Crippen LogP contribution in [0.15, 0.2) is 35.4 Å². The van der Waals surface area contributed by atoms with Gasteiger partial charge in [-0.2, -0.15) is 13.2 Å². The van der Waals surface area contributed by atoms with Crippen LogP contribution in [0.5, 0.6) is 0 Å². The van der Waals surface area contributed by atoms with Crippen molar-refractivity contribution in [2.45, 2.75) is 50.4 Å². The molecular formula is C20H19F3N4O5. The number of rotatable bonds is 3. The zero-order valence-corrected chi connectivity index (χ0v) is 17.0. The number of hydrogen-bond acceptors (Lipinski definition) is 7. The monoisotopic (exact) mass is 452 g/mol. The fourth-order valence-corrected chi connectivity index (χ4v) is 4.21. The van der Waals surface area contributed by atoms with E-state index in [1.807, 2.05) is 0 Å². The number of alkyl halides is 3. The van der Waals surface area contributed by atoms with Gasteiger partial charge < -0.3 is 24.3 Å². The van der Waals surface area contributed by atoms with Crippen LogP contribution in [0.25, 0.3) is 22.6 Å². The zero-order valence-electron chi connectivity index (χ0n) is 17.0. The van der Waals surface area contributed by atoms with Crippen molar-refractivity contribution in [2.75, 3.05) is 6.61 Å². The van der Waals surface area contributed by atoms with E-state index in [1.165, 1.54) is 23.0 Å². The molecule has 3 aromatic rings. The minimum Gasteiger partial charge on any atom is -0.394 e. The van der Waals surface area contributed by atoms with Crippen LogP contribution in [0, 0.1) is 0 Å². The molecule has 0 aliphatic carbocycles. The Morgan fingerprint density at radius 2 is 2.00 bits per heavy atom. The summed E-state index contributed by atoms with van der Waals surface area (Å²) in [7, 11) is 0. The summed E-state index contributed by atoms with van der Waals surface area (Å²) in [6, 6.07) is 4.60. The van der Waals surface area contributed by atoms with Crippen LogP contribution < -0.4 is 5.56 Å². The number of aliphatic hydroxyl groups excluding tert-OH is 1. The third kappa shape index (κ3) is 3.30. The average Bonchev–Trinajstić information content (AvgIpc) is 3.36. The van der Waals surface area contributed by atoms with Gasteiger partial charge in [-0.1, -0.05) is 12.1 Å². The van der Waals surface area contributed by atoms with Gasteiger partial charge in [0.2, 0.25) is 0 Å². The standard InChI is InChI=1S/C20H19F3N4O5/c1-19(2)31-13-11(7-28)30-18(14(13)32-19)27-15(26-12-16(27)24-8-25-17(12)29)9-4-3-5-10(6-9)20(21,22)23/h3-6,8,11,13-14,18,28H,7H2,1-2H3,(H,24,25,29). The predicted octanol–water partition coefficient (Wildman–Crippen LogP) is 2.22. The van der Waals surface area contributed by atoms with Crippen molar-refractivity contribution in [2.24, 2.45) is 0 Å². The van der Waals surface area contributed by atoms with Crippen LogP contribution in [0.4, 0.5) is 13.2 Å². The maximum atomic E-state index is 13.3. The lowest BCUT2D eigenvalue weighted by Crippen LogP contribution is -2.31. The molecule has 2 aromatic heterocycles. The van der Waals surface area contributed by atoms with Crippen LogP contribution in [-0.4, -0.2) is 55.3 Å². The molecule has 0 spiro atoms. The molecule has 5 rings (SSSR count). The maximum absolute atomic E-state index is 13.3. The zero-order chi connectivity index (χ0) is 22.8. The third-order valence-corrected chi connectivity index (χ3v) is 5.49. The first kappa shape index (κ1) is 21.1. The smallest absolute Gasteiger partial charge is 0.394 e. The summed E-state index contributed by atoms with van der Waals surface area (Å²) in [5.41, 5.74) is -1.26. The number of fused-ring (bicyclic) bond motifs is 2. The van der Waals surface area contributed by atoms with Gasteiger partial charge in [0.05, 0.1) is 18.5 Å². The third-order valence-electron chi connectivity index (χ3n) is 5.49. The lowest BCUT2D eigenvalue weighted by molar-refractivity contribution is -0.199. The van der Waals surface area contributed by atoms with E-state index in [-0.39, 0.29) is 29.2 Å². The summed E-state index contributed by atoms with van der Waals surface area (Å²) in [5, 5.41) is 9.79. The quantitative estimate of drug-likeness (QED) is 0.627. The molecule has 2 saturated heterocycles. The molecule has 1 aromatic carbocycles. The maximum Gasteiger partial charge on any atom is 0.416 e.